The number of nitrogens with one attached hydrogen (secondary N) is 1. The monoisotopic (exact) mass is 248 g/mol. The van der Waals surface area contributed by atoms with E-state index in [2.05, 4.69) is 15.0 Å². The molecule has 6 heteroatoms. The second-order valence-corrected chi connectivity index (χ2v) is 3.56. The Bertz CT molecular complexity index is 342. The van der Waals surface area contributed by atoms with Crippen LogP contribution in [-0.2, 0) is 6.54 Å². The van der Waals surface area contributed by atoms with Gasteiger partial charge in [-0.1, -0.05) is 6.92 Å². The summed E-state index contributed by atoms with van der Waals surface area (Å²) in [5, 5.41) is 3.11. The molecule has 1 aromatic rings. The molecule has 1 aromatic heterocycles. The quantitative estimate of drug-likeness (QED) is 0.785. The van der Waals surface area contributed by atoms with Crippen molar-refractivity contribution < 1.29 is 17.9 Å². The Balaban J connectivity index is 2.48. The number of ether oxygens (including phenoxy) is 1. The smallest absolute Gasteiger partial charge is 0.422 e. The van der Waals surface area contributed by atoms with Crippen LogP contribution < -0.4 is 10.1 Å². The fourth-order valence-corrected chi connectivity index (χ4v) is 1.20. The van der Waals surface area contributed by atoms with Crippen LogP contribution in [0.15, 0.2) is 18.3 Å². The van der Waals surface area contributed by atoms with Crippen LogP contribution in [0.25, 0.3) is 0 Å². The average Bonchev–Trinajstić information content (AvgIpc) is 2.27. The highest BCUT2D eigenvalue weighted by Crippen LogP contribution is 2.18. The summed E-state index contributed by atoms with van der Waals surface area (Å²) in [6.45, 7) is 2.12. The van der Waals surface area contributed by atoms with Crippen LogP contribution in [0.5, 0.6) is 5.75 Å². The summed E-state index contributed by atoms with van der Waals surface area (Å²) in [5.41, 5.74) is 0.665. The summed E-state index contributed by atoms with van der Waals surface area (Å²) in [6.07, 6.45) is -1.89. The van der Waals surface area contributed by atoms with Gasteiger partial charge in [-0.3, -0.25) is 4.98 Å². The highest BCUT2D eigenvalue weighted by atomic mass is 19.4. The van der Waals surface area contributed by atoms with Crippen LogP contribution in [0.2, 0.25) is 0 Å². The largest absolute Gasteiger partial charge is 0.484 e. The molecule has 0 saturated carbocycles. The minimum Gasteiger partial charge on any atom is -0.484 e. The van der Waals surface area contributed by atoms with Gasteiger partial charge in [0.15, 0.2) is 6.61 Å². The Hall–Kier alpha value is -1.30. The minimum absolute atomic E-state index is 0.186. The molecule has 1 rings (SSSR count). The van der Waals surface area contributed by atoms with E-state index < -0.39 is 12.8 Å². The van der Waals surface area contributed by atoms with Gasteiger partial charge < -0.3 is 10.1 Å². The van der Waals surface area contributed by atoms with Gasteiger partial charge in [0, 0.05) is 18.8 Å². The lowest BCUT2D eigenvalue weighted by atomic mass is 10.3. The molecule has 1 heterocycles. The number of hydrogen-bond acceptors (Lipinski definition) is 3. The second-order valence-electron chi connectivity index (χ2n) is 3.56. The molecule has 0 unspecified atom stereocenters. The maximum absolute atomic E-state index is 11.9. The summed E-state index contributed by atoms with van der Waals surface area (Å²) < 4.78 is 40.4. The second kappa shape index (κ2) is 6.44. The molecule has 0 radical (unpaired) electrons. The number of nitrogens with zero attached hydrogens (tertiary/aromatic N) is 1. The van der Waals surface area contributed by atoms with Crippen LogP contribution in [0.4, 0.5) is 13.2 Å². The Kier molecular flexibility index (Phi) is 5.21. The van der Waals surface area contributed by atoms with E-state index in [9.17, 15) is 13.2 Å². The highest BCUT2D eigenvalue weighted by Gasteiger charge is 2.28. The van der Waals surface area contributed by atoms with E-state index in [0.29, 0.717) is 12.2 Å². The average molecular weight is 248 g/mol. The molecule has 0 aliphatic carbocycles. The number of aromatic nitrogens is 1. The standard InChI is InChI=1S/C11H15F3N2O/c1-2-4-15-7-9-6-10(3-5-16-9)17-8-11(12,13)14/h3,5-6,15H,2,4,7-8H2,1H3. The molecule has 1 N–H and O–H groups in total. The molecular formula is C11H15F3N2O. The van der Waals surface area contributed by atoms with Crippen LogP contribution in [-0.4, -0.2) is 24.3 Å². The van der Waals surface area contributed by atoms with Gasteiger partial charge in [0.2, 0.25) is 0 Å². The molecule has 17 heavy (non-hydrogen) atoms. The van der Waals surface area contributed by atoms with Crippen molar-refractivity contribution >= 4 is 0 Å². The maximum Gasteiger partial charge on any atom is 0.422 e. The summed E-state index contributed by atoms with van der Waals surface area (Å²) in [6, 6.07) is 2.92. The van der Waals surface area contributed by atoms with Crippen molar-refractivity contribution in [1.29, 1.82) is 0 Å². The lowest BCUT2D eigenvalue weighted by Crippen LogP contribution is -2.19. The molecule has 0 fully saturated rings. The molecule has 0 saturated heterocycles. The van der Waals surface area contributed by atoms with Gasteiger partial charge in [0.25, 0.3) is 0 Å². The molecule has 0 atom stereocenters. The third-order valence-electron chi connectivity index (χ3n) is 1.92. The van der Waals surface area contributed by atoms with Gasteiger partial charge in [0.1, 0.15) is 5.75 Å². The van der Waals surface area contributed by atoms with Gasteiger partial charge in [0.05, 0.1) is 5.69 Å². The van der Waals surface area contributed by atoms with Crippen molar-refractivity contribution in [3.63, 3.8) is 0 Å². The van der Waals surface area contributed by atoms with Gasteiger partial charge in [-0.25, -0.2) is 0 Å². The van der Waals surface area contributed by atoms with E-state index in [4.69, 9.17) is 0 Å². The summed E-state index contributed by atoms with van der Waals surface area (Å²) >= 11 is 0. The van der Waals surface area contributed by atoms with Crippen molar-refractivity contribution in [3.8, 4) is 5.75 Å². The Labute approximate surface area is 98.0 Å². The van der Waals surface area contributed by atoms with Crippen molar-refractivity contribution in [3.05, 3.63) is 24.0 Å². The van der Waals surface area contributed by atoms with Gasteiger partial charge in [-0.05, 0) is 19.0 Å². The SMILES string of the molecule is CCCNCc1cc(OCC(F)(F)F)ccn1. The van der Waals surface area contributed by atoms with E-state index >= 15 is 0 Å². The van der Waals surface area contributed by atoms with E-state index in [1.807, 2.05) is 6.92 Å². The molecule has 0 aliphatic rings. The van der Waals surface area contributed by atoms with E-state index in [1.165, 1.54) is 18.3 Å². The fourth-order valence-electron chi connectivity index (χ4n) is 1.20. The first-order chi connectivity index (χ1) is 8.01. The first-order valence-corrected chi connectivity index (χ1v) is 5.36. The first-order valence-electron chi connectivity index (χ1n) is 5.36. The third kappa shape index (κ3) is 6.11. The predicted octanol–water partition coefficient (Wildman–Crippen LogP) is 2.52. The summed E-state index contributed by atoms with van der Waals surface area (Å²) in [7, 11) is 0. The molecule has 0 spiro atoms. The number of pyridine rings is 1. The van der Waals surface area contributed by atoms with E-state index in [0.717, 1.165) is 13.0 Å². The lowest BCUT2D eigenvalue weighted by molar-refractivity contribution is -0.153. The molecule has 0 aromatic carbocycles. The Morgan fingerprint density at radius 2 is 2.18 bits per heavy atom. The molecule has 0 aliphatic heterocycles. The zero-order chi connectivity index (χ0) is 12.7. The first kappa shape index (κ1) is 13.8. The number of hydrogen-bond donors (Lipinski definition) is 1. The van der Waals surface area contributed by atoms with Crippen molar-refractivity contribution in [2.45, 2.75) is 26.1 Å². The number of rotatable bonds is 6. The van der Waals surface area contributed by atoms with Crippen LogP contribution in [0, 0.1) is 0 Å². The number of halogens is 3. The van der Waals surface area contributed by atoms with Gasteiger partial charge in [-0.2, -0.15) is 13.2 Å². The zero-order valence-electron chi connectivity index (χ0n) is 9.55. The predicted molar refractivity (Wildman–Crippen MR) is 57.8 cm³/mol. The molecule has 3 nitrogen and oxygen atoms in total. The minimum atomic E-state index is -4.32. The lowest BCUT2D eigenvalue weighted by Gasteiger charge is -2.10. The third-order valence-corrected chi connectivity index (χ3v) is 1.92. The summed E-state index contributed by atoms with van der Waals surface area (Å²) in [5.74, 6) is 0.186. The molecule has 0 bridgehead atoms. The van der Waals surface area contributed by atoms with Crippen molar-refractivity contribution in [2.75, 3.05) is 13.2 Å². The van der Waals surface area contributed by atoms with Gasteiger partial charge >= 0.3 is 6.18 Å². The molecule has 96 valence electrons. The fraction of sp³-hybridized carbons (Fsp3) is 0.545. The van der Waals surface area contributed by atoms with E-state index in [-0.39, 0.29) is 5.75 Å². The number of alkyl halides is 3. The van der Waals surface area contributed by atoms with Crippen LogP contribution in [0.1, 0.15) is 19.0 Å². The van der Waals surface area contributed by atoms with Crippen LogP contribution >= 0.6 is 0 Å². The maximum atomic E-state index is 11.9. The highest BCUT2D eigenvalue weighted by molar-refractivity contribution is 5.22. The zero-order valence-corrected chi connectivity index (χ0v) is 9.55. The van der Waals surface area contributed by atoms with Gasteiger partial charge in [-0.15, -0.1) is 0 Å². The molecular weight excluding hydrogens is 233 g/mol. The molecule has 0 amide bonds. The summed E-state index contributed by atoms with van der Waals surface area (Å²) in [4.78, 5) is 4.03. The normalized spacial score (nSPS) is 11.5. The Morgan fingerprint density at radius 1 is 1.41 bits per heavy atom. The Morgan fingerprint density at radius 3 is 2.82 bits per heavy atom. The van der Waals surface area contributed by atoms with Crippen molar-refractivity contribution in [2.24, 2.45) is 0 Å². The van der Waals surface area contributed by atoms with Crippen LogP contribution in [0.3, 0.4) is 0 Å². The van der Waals surface area contributed by atoms with E-state index in [1.54, 1.807) is 0 Å². The topological polar surface area (TPSA) is 34.1 Å². The van der Waals surface area contributed by atoms with Crippen molar-refractivity contribution in [1.82, 2.24) is 10.3 Å².